The highest BCUT2D eigenvalue weighted by atomic mass is 16.6. The van der Waals surface area contributed by atoms with Gasteiger partial charge in [0.05, 0.1) is 17.4 Å². The van der Waals surface area contributed by atoms with Gasteiger partial charge >= 0.3 is 5.97 Å². The lowest BCUT2D eigenvalue weighted by Gasteiger charge is -2.29. The van der Waals surface area contributed by atoms with Crippen LogP contribution in [-0.4, -0.2) is 45.5 Å². The van der Waals surface area contributed by atoms with Crippen molar-refractivity contribution in [1.29, 1.82) is 0 Å². The van der Waals surface area contributed by atoms with Crippen molar-refractivity contribution in [3.8, 4) is 5.69 Å². The average molecular weight is 302 g/mol. The van der Waals surface area contributed by atoms with E-state index in [2.05, 4.69) is 15.5 Å². The molecule has 1 aliphatic carbocycles. The number of hydrogen-bond acceptors (Lipinski definition) is 6. The van der Waals surface area contributed by atoms with Gasteiger partial charge in [-0.25, -0.2) is 9.48 Å². The van der Waals surface area contributed by atoms with Gasteiger partial charge in [-0.15, -0.1) is 5.10 Å². The number of hydrogen-bond donors (Lipinski definition) is 0. The summed E-state index contributed by atoms with van der Waals surface area (Å²) in [6, 6.07) is 6.98. The van der Waals surface area contributed by atoms with Gasteiger partial charge in [0.1, 0.15) is 12.4 Å². The number of carbonyl (C=O) groups excluding carboxylic acids is 1. The van der Waals surface area contributed by atoms with E-state index in [1.54, 1.807) is 31.4 Å². The van der Waals surface area contributed by atoms with Crippen molar-refractivity contribution in [2.75, 3.05) is 7.11 Å². The fourth-order valence-corrected chi connectivity index (χ4v) is 2.70. The third-order valence-electron chi connectivity index (χ3n) is 3.92. The molecule has 0 amide bonds. The Morgan fingerprint density at radius 1 is 1.18 bits per heavy atom. The van der Waals surface area contributed by atoms with Crippen LogP contribution in [0.25, 0.3) is 5.69 Å². The van der Waals surface area contributed by atoms with Crippen LogP contribution >= 0.6 is 0 Å². The van der Waals surface area contributed by atoms with Crippen LogP contribution < -0.4 is 0 Å². The van der Waals surface area contributed by atoms with E-state index < -0.39 is 0 Å². The maximum absolute atomic E-state index is 12.2. The highest BCUT2D eigenvalue weighted by molar-refractivity contribution is 5.89. The van der Waals surface area contributed by atoms with Crippen molar-refractivity contribution < 1.29 is 14.3 Å². The summed E-state index contributed by atoms with van der Waals surface area (Å²) in [5.41, 5.74) is 1.30. The number of rotatable bonds is 4. The van der Waals surface area contributed by atoms with E-state index in [1.807, 2.05) is 0 Å². The fourth-order valence-electron chi connectivity index (χ4n) is 2.70. The second kappa shape index (κ2) is 6.65. The zero-order valence-corrected chi connectivity index (χ0v) is 12.4. The van der Waals surface area contributed by atoms with E-state index in [0.29, 0.717) is 5.56 Å². The van der Waals surface area contributed by atoms with Crippen LogP contribution in [0.1, 0.15) is 36.0 Å². The van der Waals surface area contributed by atoms with E-state index in [-0.39, 0.29) is 18.2 Å². The summed E-state index contributed by atoms with van der Waals surface area (Å²) in [7, 11) is 1.66. The van der Waals surface area contributed by atoms with E-state index in [1.165, 1.54) is 11.0 Å². The smallest absolute Gasteiger partial charge is 0.338 e. The molecule has 1 heterocycles. The molecule has 1 aromatic carbocycles. The minimum atomic E-state index is -0.322. The first kappa shape index (κ1) is 14.6. The molecule has 0 aliphatic heterocycles. The topological polar surface area (TPSA) is 79.1 Å². The highest BCUT2D eigenvalue weighted by Gasteiger charge is 2.28. The Morgan fingerprint density at radius 3 is 2.55 bits per heavy atom. The maximum Gasteiger partial charge on any atom is 0.338 e. The molecule has 1 aliphatic rings. The van der Waals surface area contributed by atoms with E-state index in [9.17, 15) is 4.79 Å². The molecule has 2 aromatic rings. The summed E-state index contributed by atoms with van der Waals surface area (Å²) in [6.45, 7) is 0. The molecule has 3 rings (SSSR count). The summed E-state index contributed by atoms with van der Waals surface area (Å²) >= 11 is 0. The molecule has 7 heteroatoms. The van der Waals surface area contributed by atoms with E-state index in [0.717, 1.165) is 31.4 Å². The molecule has 0 spiro atoms. The van der Waals surface area contributed by atoms with Gasteiger partial charge in [0.15, 0.2) is 0 Å². The number of benzene rings is 1. The van der Waals surface area contributed by atoms with Gasteiger partial charge < -0.3 is 9.47 Å². The van der Waals surface area contributed by atoms with Crippen LogP contribution in [0.4, 0.5) is 0 Å². The molecule has 0 unspecified atom stereocenters. The van der Waals surface area contributed by atoms with Crippen molar-refractivity contribution in [3.05, 3.63) is 36.2 Å². The molecule has 1 saturated carbocycles. The molecule has 2 atom stereocenters. The van der Waals surface area contributed by atoms with Gasteiger partial charge in [-0.1, -0.05) is 6.42 Å². The van der Waals surface area contributed by atoms with Crippen LogP contribution in [0.15, 0.2) is 30.6 Å². The minimum Gasteiger partial charge on any atom is -0.456 e. The SMILES string of the molecule is CO[C@@H]1CCCC[C@@H]1OC(=O)c1ccc(-n2cnnn2)cc1. The lowest BCUT2D eigenvalue weighted by atomic mass is 9.94. The van der Waals surface area contributed by atoms with Crippen molar-refractivity contribution in [2.45, 2.75) is 37.9 Å². The number of methoxy groups -OCH3 is 1. The lowest BCUT2D eigenvalue weighted by Crippen LogP contribution is -2.35. The van der Waals surface area contributed by atoms with Gasteiger partial charge in [0.2, 0.25) is 0 Å². The molecular formula is C15H18N4O3. The molecule has 0 bridgehead atoms. The molecule has 0 radical (unpaired) electrons. The van der Waals surface area contributed by atoms with Gasteiger partial charge in [-0.2, -0.15) is 0 Å². The Kier molecular flexibility index (Phi) is 4.43. The van der Waals surface area contributed by atoms with Gasteiger partial charge in [0, 0.05) is 7.11 Å². The van der Waals surface area contributed by atoms with Crippen LogP contribution in [0, 0.1) is 0 Å². The maximum atomic E-state index is 12.2. The van der Waals surface area contributed by atoms with Crippen LogP contribution in [0.5, 0.6) is 0 Å². The zero-order chi connectivity index (χ0) is 15.4. The summed E-state index contributed by atoms with van der Waals surface area (Å²) < 4.78 is 12.5. The molecular weight excluding hydrogens is 284 g/mol. The molecule has 22 heavy (non-hydrogen) atoms. The van der Waals surface area contributed by atoms with Crippen LogP contribution in [0.2, 0.25) is 0 Å². The van der Waals surface area contributed by atoms with E-state index >= 15 is 0 Å². The normalized spacial score (nSPS) is 21.5. The summed E-state index contributed by atoms with van der Waals surface area (Å²) in [4.78, 5) is 12.2. The molecule has 1 fully saturated rings. The molecule has 0 saturated heterocycles. The number of nitrogens with zero attached hydrogens (tertiary/aromatic N) is 4. The monoisotopic (exact) mass is 302 g/mol. The Labute approximate surface area is 128 Å². The Morgan fingerprint density at radius 2 is 1.91 bits per heavy atom. The Hall–Kier alpha value is -2.28. The lowest BCUT2D eigenvalue weighted by molar-refractivity contribution is -0.0539. The van der Waals surface area contributed by atoms with Crippen molar-refractivity contribution in [2.24, 2.45) is 0 Å². The van der Waals surface area contributed by atoms with Gasteiger partial charge in [-0.3, -0.25) is 0 Å². The largest absolute Gasteiger partial charge is 0.456 e. The molecule has 7 nitrogen and oxygen atoms in total. The van der Waals surface area contributed by atoms with Crippen molar-refractivity contribution in [1.82, 2.24) is 20.2 Å². The number of esters is 1. The third kappa shape index (κ3) is 3.14. The summed E-state index contributed by atoms with van der Waals surface area (Å²) in [5.74, 6) is -0.322. The third-order valence-corrected chi connectivity index (χ3v) is 3.92. The molecule has 1 aromatic heterocycles. The number of ether oxygens (including phenoxy) is 2. The summed E-state index contributed by atoms with van der Waals surface area (Å²) in [6.07, 6.45) is 5.31. The average Bonchev–Trinajstić information content (AvgIpc) is 3.10. The van der Waals surface area contributed by atoms with Gasteiger partial charge in [-0.05, 0) is 54.0 Å². The van der Waals surface area contributed by atoms with Gasteiger partial charge in [0.25, 0.3) is 0 Å². The predicted octanol–water partition coefficient (Wildman–Crippen LogP) is 1.78. The number of tetrazole rings is 1. The fraction of sp³-hybridized carbons (Fsp3) is 0.467. The van der Waals surface area contributed by atoms with Crippen LogP contribution in [0.3, 0.4) is 0 Å². The highest BCUT2D eigenvalue weighted by Crippen LogP contribution is 2.24. The van der Waals surface area contributed by atoms with Crippen LogP contribution in [-0.2, 0) is 9.47 Å². The number of carbonyl (C=O) groups is 1. The first-order chi connectivity index (χ1) is 10.8. The molecule has 0 N–H and O–H groups in total. The second-order valence-corrected chi connectivity index (χ2v) is 5.30. The minimum absolute atomic E-state index is 0.00167. The zero-order valence-electron chi connectivity index (χ0n) is 12.4. The summed E-state index contributed by atoms with van der Waals surface area (Å²) in [5, 5.41) is 11.0. The second-order valence-electron chi connectivity index (χ2n) is 5.30. The molecule has 116 valence electrons. The van der Waals surface area contributed by atoms with E-state index in [4.69, 9.17) is 9.47 Å². The quantitative estimate of drug-likeness (QED) is 0.801. The Bertz CT molecular complexity index is 612. The Balaban J connectivity index is 1.67. The first-order valence-electron chi connectivity index (χ1n) is 7.35. The predicted molar refractivity (Wildman–Crippen MR) is 77.6 cm³/mol. The van der Waals surface area contributed by atoms with Crippen molar-refractivity contribution >= 4 is 5.97 Å². The van der Waals surface area contributed by atoms with Crippen molar-refractivity contribution in [3.63, 3.8) is 0 Å². The first-order valence-corrected chi connectivity index (χ1v) is 7.35. The number of aromatic nitrogens is 4. The standard InChI is InChI=1S/C15H18N4O3/c1-21-13-4-2-3-5-14(13)22-15(20)11-6-8-12(9-7-11)19-10-16-17-18-19/h6-10,13-14H,2-5H2,1H3/t13-,14+/m1/s1.